The first-order chi connectivity index (χ1) is 17.7. The van der Waals surface area contributed by atoms with Crippen LogP contribution >= 0.6 is 0 Å². The van der Waals surface area contributed by atoms with E-state index in [-0.39, 0.29) is 0 Å². The predicted octanol–water partition coefficient (Wildman–Crippen LogP) is 7.43. The van der Waals surface area contributed by atoms with Crippen molar-refractivity contribution in [1.82, 2.24) is 0 Å². The Hall–Kier alpha value is -4.02. The van der Waals surface area contributed by atoms with Gasteiger partial charge in [-0.15, -0.1) is 0 Å². The van der Waals surface area contributed by atoms with Crippen molar-refractivity contribution in [2.24, 2.45) is 5.73 Å². The fourth-order valence-electron chi connectivity index (χ4n) is 4.76. The molecule has 4 heteroatoms. The van der Waals surface area contributed by atoms with Crippen LogP contribution in [0.1, 0.15) is 20.8 Å². The molecule has 1 atom stereocenters. The van der Waals surface area contributed by atoms with E-state index < -0.39 is 11.0 Å². The Morgan fingerprint density at radius 2 is 1.08 bits per heavy atom. The van der Waals surface area contributed by atoms with Gasteiger partial charge in [0.25, 0.3) is 0 Å². The van der Waals surface area contributed by atoms with Gasteiger partial charge < -0.3 is 15.5 Å². The number of rotatable bonds is 14. The molecule has 1 unspecified atom stereocenters. The highest BCUT2D eigenvalue weighted by Crippen LogP contribution is 2.34. The summed E-state index contributed by atoms with van der Waals surface area (Å²) in [6, 6.07) is 20.5. The molecule has 0 amide bonds. The van der Waals surface area contributed by atoms with Crippen LogP contribution < -0.4 is 15.5 Å². The molecule has 0 spiro atoms. The number of hydrogen-bond acceptors (Lipinski definition) is 3. The minimum atomic E-state index is -0.792. The third kappa shape index (κ3) is 7.99. The van der Waals surface area contributed by atoms with Gasteiger partial charge in [-0.3, -0.25) is 0 Å². The highest BCUT2D eigenvalue weighted by Gasteiger charge is 2.41. The van der Waals surface area contributed by atoms with Crippen LogP contribution in [-0.4, -0.2) is 18.3 Å². The van der Waals surface area contributed by atoms with Crippen LogP contribution in [0.3, 0.4) is 0 Å². The summed E-state index contributed by atoms with van der Waals surface area (Å²) >= 11 is 0. The minimum Gasteiger partial charge on any atom is -0.344 e. The SMILES string of the molecule is C=C/C=C\C(=C/C=C)N(c1ccccc1)C(C)(C)BC(C)(N)N(C(/C=C\C=C)=C/C=C)c1ccccc1. The second-order valence-corrected chi connectivity index (χ2v) is 9.53. The average molecular weight is 490 g/mol. The lowest BCUT2D eigenvalue weighted by molar-refractivity contribution is 0.585. The first kappa shape index (κ1) is 29.2. The van der Waals surface area contributed by atoms with Crippen molar-refractivity contribution in [3.63, 3.8) is 0 Å². The fourth-order valence-corrected chi connectivity index (χ4v) is 4.76. The summed E-state index contributed by atoms with van der Waals surface area (Å²) in [7, 11) is 0.608. The van der Waals surface area contributed by atoms with E-state index in [1.807, 2.05) is 72.9 Å². The number of benzene rings is 2. The standard InChI is InChI=1S/C33H40BN3/c1-8-12-22-28(20-10-3)36(30-24-16-14-17-25-30)32(5,6)34-33(7,35)37(31-26-18-15-19-27-31)29(21-11-4)23-13-9-2/h8-27,34H,1-4,35H2,5-7H3/b22-12-,23-13-,28-20+,29-21+. The number of nitrogens with two attached hydrogens (primary N) is 1. The lowest BCUT2D eigenvalue weighted by atomic mass is 9.49. The van der Waals surface area contributed by atoms with E-state index in [0.29, 0.717) is 7.28 Å². The lowest BCUT2D eigenvalue weighted by Crippen LogP contribution is -2.66. The maximum Gasteiger partial charge on any atom is 0.203 e. The zero-order valence-electron chi connectivity index (χ0n) is 22.6. The number of para-hydroxylation sites is 2. The normalized spacial score (nSPS) is 14.2. The Kier molecular flexibility index (Phi) is 11.0. The molecular weight excluding hydrogens is 449 g/mol. The summed E-state index contributed by atoms with van der Waals surface area (Å²) in [6.07, 6.45) is 19.0. The van der Waals surface area contributed by atoms with E-state index in [9.17, 15) is 0 Å². The van der Waals surface area contributed by atoms with Crippen molar-refractivity contribution < 1.29 is 0 Å². The Labute approximate surface area is 224 Å². The van der Waals surface area contributed by atoms with E-state index >= 15 is 0 Å². The number of nitrogens with zero attached hydrogens (tertiary/aromatic N) is 2. The maximum atomic E-state index is 7.26. The molecule has 0 radical (unpaired) electrons. The van der Waals surface area contributed by atoms with Crippen LogP contribution in [0.25, 0.3) is 0 Å². The Morgan fingerprint density at radius 1 is 0.676 bits per heavy atom. The van der Waals surface area contributed by atoms with Gasteiger partial charge >= 0.3 is 0 Å². The quantitative estimate of drug-likeness (QED) is 0.170. The maximum absolute atomic E-state index is 7.26. The summed E-state index contributed by atoms with van der Waals surface area (Å²) in [6.45, 7) is 22.1. The Balaban J connectivity index is 2.69. The van der Waals surface area contributed by atoms with Gasteiger partial charge in [-0.2, -0.15) is 0 Å². The van der Waals surface area contributed by atoms with E-state index in [1.54, 1.807) is 24.3 Å². The summed E-state index contributed by atoms with van der Waals surface area (Å²) in [5.74, 6) is 0. The summed E-state index contributed by atoms with van der Waals surface area (Å²) in [5, 5.41) is 0. The second kappa shape index (κ2) is 13.9. The van der Waals surface area contributed by atoms with Crippen molar-refractivity contribution in [2.45, 2.75) is 31.8 Å². The molecule has 2 N–H and O–H groups in total. The Morgan fingerprint density at radius 3 is 1.49 bits per heavy atom. The molecule has 0 heterocycles. The van der Waals surface area contributed by atoms with Gasteiger partial charge in [0.1, 0.15) is 0 Å². The smallest absolute Gasteiger partial charge is 0.203 e. The van der Waals surface area contributed by atoms with Gasteiger partial charge in [0.15, 0.2) is 0 Å². The predicted molar refractivity (Wildman–Crippen MR) is 167 cm³/mol. The van der Waals surface area contributed by atoms with Gasteiger partial charge in [0.05, 0.1) is 5.56 Å². The molecule has 2 aromatic rings. The summed E-state index contributed by atoms with van der Waals surface area (Å²) < 4.78 is 0. The van der Waals surface area contributed by atoms with Crippen LogP contribution in [0.4, 0.5) is 11.4 Å². The van der Waals surface area contributed by atoms with Crippen molar-refractivity contribution in [2.75, 3.05) is 9.80 Å². The van der Waals surface area contributed by atoms with Crippen LogP contribution in [0.2, 0.25) is 0 Å². The monoisotopic (exact) mass is 489 g/mol. The van der Waals surface area contributed by atoms with Crippen molar-refractivity contribution >= 4 is 18.7 Å². The summed E-state index contributed by atoms with van der Waals surface area (Å²) in [5.41, 5.74) is 10.0. The molecule has 0 aliphatic rings. The molecule has 0 aliphatic heterocycles. The van der Waals surface area contributed by atoms with Gasteiger partial charge in [-0.1, -0.05) is 99.2 Å². The molecule has 37 heavy (non-hydrogen) atoms. The summed E-state index contributed by atoms with van der Waals surface area (Å²) in [4.78, 5) is 4.47. The first-order valence-corrected chi connectivity index (χ1v) is 12.4. The van der Waals surface area contributed by atoms with Gasteiger partial charge in [-0.05, 0) is 69.3 Å². The third-order valence-electron chi connectivity index (χ3n) is 5.84. The van der Waals surface area contributed by atoms with Gasteiger partial charge in [-0.25, -0.2) is 0 Å². The molecular formula is C33H40BN3. The molecule has 0 bridgehead atoms. The Bertz CT molecular complexity index is 1080. The average Bonchev–Trinajstić information content (AvgIpc) is 2.86. The molecule has 0 aromatic heterocycles. The van der Waals surface area contributed by atoms with Crippen LogP contribution in [0.5, 0.6) is 0 Å². The van der Waals surface area contributed by atoms with E-state index in [4.69, 9.17) is 5.73 Å². The third-order valence-corrected chi connectivity index (χ3v) is 5.84. The number of hydrogen-bond donors (Lipinski definition) is 1. The molecule has 190 valence electrons. The van der Waals surface area contributed by atoms with E-state index in [0.717, 1.165) is 22.8 Å². The van der Waals surface area contributed by atoms with Crippen LogP contribution in [-0.2, 0) is 0 Å². The topological polar surface area (TPSA) is 32.5 Å². The largest absolute Gasteiger partial charge is 0.344 e. The lowest BCUT2D eigenvalue weighted by Gasteiger charge is -2.48. The molecule has 0 saturated heterocycles. The van der Waals surface area contributed by atoms with Crippen LogP contribution in [0.15, 0.2) is 159 Å². The number of allylic oxidation sites excluding steroid dienone is 10. The molecule has 0 aliphatic carbocycles. The zero-order chi connectivity index (χ0) is 27.3. The van der Waals surface area contributed by atoms with E-state index in [2.05, 4.69) is 81.2 Å². The first-order valence-electron chi connectivity index (χ1n) is 12.4. The van der Waals surface area contributed by atoms with Gasteiger partial charge in [0, 0.05) is 28.2 Å². The molecule has 0 saturated carbocycles. The van der Waals surface area contributed by atoms with E-state index in [1.165, 1.54) is 0 Å². The molecule has 2 rings (SSSR count). The van der Waals surface area contributed by atoms with Gasteiger partial charge in [0.2, 0.25) is 7.28 Å². The molecule has 2 aromatic carbocycles. The fraction of sp³-hybridized carbons (Fsp3) is 0.152. The van der Waals surface area contributed by atoms with Crippen molar-refractivity contribution in [1.29, 1.82) is 0 Å². The molecule has 3 nitrogen and oxygen atoms in total. The van der Waals surface area contributed by atoms with Crippen molar-refractivity contribution in [3.05, 3.63) is 159 Å². The second-order valence-electron chi connectivity index (χ2n) is 9.53. The zero-order valence-corrected chi connectivity index (χ0v) is 22.6. The highest BCUT2D eigenvalue weighted by atomic mass is 15.3. The van der Waals surface area contributed by atoms with Crippen LogP contribution in [0, 0.1) is 0 Å². The highest BCUT2D eigenvalue weighted by molar-refractivity contribution is 6.46. The number of anilines is 2. The van der Waals surface area contributed by atoms with Crippen molar-refractivity contribution in [3.8, 4) is 0 Å². The minimum absolute atomic E-state index is 0.417. The molecule has 0 fully saturated rings.